The highest BCUT2D eigenvalue weighted by atomic mass is 19.1. The summed E-state index contributed by atoms with van der Waals surface area (Å²) in [6, 6.07) is 3.91. The first-order chi connectivity index (χ1) is 6.24. The summed E-state index contributed by atoms with van der Waals surface area (Å²) in [4.78, 5) is 0. The van der Waals surface area contributed by atoms with Crippen LogP contribution in [0.25, 0.3) is 0 Å². The van der Waals surface area contributed by atoms with Gasteiger partial charge in [0.25, 0.3) is 0 Å². The fourth-order valence-electron chi connectivity index (χ4n) is 2.15. The molecule has 1 aliphatic carbocycles. The third kappa shape index (κ3) is 1.25. The van der Waals surface area contributed by atoms with E-state index in [9.17, 15) is 4.39 Å². The van der Waals surface area contributed by atoms with Crippen molar-refractivity contribution in [3.8, 4) is 0 Å². The third-order valence-electron chi connectivity index (χ3n) is 2.98. The number of halogens is 1. The van der Waals surface area contributed by atoms with Crippen molar-refractivity contribution in [2.75, 3.05) is 7.05 Å². The maximum atomic E-state index is 13.2. The average Bonchev–Trinajstić information content (AvgIpc) is 2.55. The Hall–Kier alpha value is -0.890. The van der Waals surface area contributed by atoms with Crippen molar-refractivity contribution in [1.29, 1.82) is 0 Å². The van der Waals surface area contributed by atoms with Crippen LogP contribution >= 0.6 is 0 Å². The lowest BCUT2D eigenvalue weighted by molar-refractivity contribution is 0.590. The second-order valence-corrected chi connectivity index (χ2v) is 3.62. The zero-order valence-electron chi connectivity index (χ0n) is 8.02. The van der Waals surface area contributed by atoms with Gasteiger partial charge in [0.05, 0.1) is 0 Å². The van der Waals surface area contributed by atoms with Crippen molar-refractivity contribution in [2.45, 2.75) is 25.8 Å². The van der Waals surface area contributed by atoms with Gasteiger partial charge in [0.15, 0.2) is 0 Å². The Morgan fingerprint density at radius 3 is 2.92 bits per heavy atom. The molecule has 1 aliphatic rings. The fraction of sp³-hybridized carbons (Fsp3) is 0.455. The van der Waals surface area contributed by atoms with Gasteiger partial charge in [0, 0.05) is 6.04 Å². The Morgan fingerprint density at radius 2 is 2.23 bits per heavy atom. The molecule has 1 N–H and O–H groups in total. The Kier molecular flexibility index (Phi) is 2.08. The molecule has 70 valence electrons. The average molecular weight is 179 g/mol. The van der Waals surface area contributed by atoms with Crippen molar-refractivity contribution in [3.05, 3.63) is 34.6 Å². The van der Waals surface area contributed by atoms with Crippen LogP contribution in [0.5, 0.6) is 0 Å². The highest BCUT2D eigenvalue weighted by Gasteiger charge is 2.23. The second-order valence-electron chi connectivity index (χ2n) is 3.62. The van der Waals surface area contributed by atoms with E-state index in [-0.39, 0.29) is 5.82 Å². The summed E-state index contributed by atoms with van der Waals surface area (Å²) in [5.41, 5.74) is 3.32. The molecule has 0 spiro atoms. The molecule has 2 rings (SSSR count). The molecule has 0 bridgehead atoms. The first-order valence-electron chi connectivity index (χ1n) is 4.69. The molecule has 0 saturated heterocycles. The van der Waals surface area contributed by atoms with Crippen molar-refractivity contribution < 1.29 is 4.39 Å². The van der Waals surface area contributed by atoms with Gasteiger partial charge in [0.1, 0.15) is 5.82 Å². The predicted molar refractivity (Wildman–Crippen MR) is 51.3 cm³/mol. The molecular weight excluding hydrogens is 165 g/mol. The smallest absolute Gasteiger partial charge is 0.126 e. The van der Waals surface area contributed by atoms with Gasteiger partial charge in [-0.15, -0.1) is 0 Å². The standard InChI is InChI=1S/C11H14FN/c1-7-8-4-6-11(13-2)9(8)3-5-10(7)12/h3,5,11,13H,4,6H2,1-2H3/t11-/m0/s1. The van der Waals surface area contributed by atoms with Gasteiger partial charge in [-0.25, -0.2) is 4.39 Å². The van der Waals surface area contributed by atoms with Crippen LogP contribution in [-0.4, -0.2) is 7.05 Å². The Morgan fingerprint density at radius 1 is 1.46 bits per heavy atom. The Labute approximate surface area is 78.0 Å². The van der Waals surface area contributed by atoms with Gasteiger partial charge in [-0.05, 0) is 49.6 Å². The molecule has 13 heavy (non-hydrogen) atoms. The number of fused-ring (bicyclic) bond motifs is 1. The molecule has 1 aromatic carbocycles. The maximum Gasteiger partial charge on any atom is 0.126 e. The second kappa shape index (κ2) is 3.11. The van der Waals surface area contributed by atoms with Gasteiger partial charge in [-0.3, -0.25) is 0 Å². The van der Waals surface area contributed by atoms with Crippen LogP contribution in [0.2, 0.25) is 0 Å². The molecule has 1 nitrogen and oxygen atoms in total. The quantitative estimate of drug-likeness (QED) is 0.697. The third-order valence-corrected chi connectivity index (χ3v) is 2.98. The summed E-state index contributed by atoms with van der Waals surface area (Å²) >= 11 is 0. The number of nitrogens with one attached hydrogen (secondary N) is 1. The van der Waals surface area contributed by atoms with Crippen LogP contribution in [0.4, 0.5) is 4.39 Å². The molecule has 0 fully saturated rings. The molecule has 1 aromatic rings. The molecule has 0 unspecified atom stereocenters. The normalized spacial score (nSPS) is 20.4. The number of rotatable bonds is 1. The molecule has 0 aliphatic heterocycles. The summed E-state index contributed by atoms with van der Waals surface area (Å²) in [6.45, 7) is 1.87. The van der Waals surface area contributed by atoms with E-state index in [1.54, 1.807) is 6.07 Å². The molecule has 0 amide bonds. The summed E-state index contributed by atoms with van der Waals surface area (Å²) in [5.74, 6) is -0.0736. The van der Waals surface area contributed by atoms with Gasteiger partial charge in [-0.2, -0.15) is 0 Å². The summed E-state index contributed by atoms with van der Waals surface area (Å²) in [6.07, 6.45) is 2.10. The first kappa shape index (κ1) is 8.70. The van der Waals surface area contributed by atoms with Gasteiger partial charge in [-0.1, -0.05) is 6.07 Å². The molecule has 0 radical (unpaired) electrons. The molecule has 0 saturated carbocycles. The fourth-order valence-corrected chi connectivity index (χ4v) is 2.15. The van der Waals surface area contributed by atoms with Crippen LogP contribution in [0.1, 0.15) is 29.2 Å². The van der Waals surface area contributed by atoms with Crippen LogP contribution in [0, 0.1) is 12.7 Å². The molecule has 0 heterocycles. The van der Waals surface area contributed by atoms with Crippen LogP contribution in [0.15, 0.2) is 12.1 Å². The highest BCUT2D eigenvalue weighted by Crippen LogP contribution is 2.33. The van der Waals surface area contributed by atoms with E-state index >= 15 is 0 Å². The Balaban J connectivity index is 2.50. The number of hydrogen-bond donors (Lipinski definition) is 1. The van der Waals surface area contributed by atoms with Crippen LogP contribution < -0.4 is 5.32 Å². The highest BCUT2D eigenvalue weighted by molar-refractivity contribution is 5.40. The van der Waals surface area contributed by atoms with Crippen molar-refractivity contribution in [2.24, 2.45) is 0 Å². The predicted octanol–water partition coefficient (Wildman–Crippen LogP) is 2.34. The van der Waals surface area contributed by atoms with Crippen LogP contribution in [0.3, 0.4) is 0 Å². The van der Waals surface area contributed by atoms with E-state index < -0.39 is 0 Å². The lowest BCUT2D eigenvalue weighted by Gasteiger charge is -2.10. The van der Waals surface area contributed by atoms with E-state index in [1.807, 2.05) is 20.0 Å². The first-order valence-corrected chi connectivity index (χ1v) is 4.69. The summed E-state index contributed by atoms with van der Waals surface area (Å²) in [7, 11) is 1.96. The number of benzene rings is 1. The van der Waals surface area contributed by atoms with E-state index in [1.165, 1.54) is 11.1 Å². The van der Waals surface area contributed by atoms with Crippen molar-refractivity contribution in [3.63, 3.8) is 0 Å². The van der Waals surface area contributed by atoms with E-state index in [2.05, 4.69) is 5.32 Å². The van der Waals surface area contributed by atoms with E-state index in [0.29, 0.717) is 6.04 Å². The van der Waals surface area contributed by atoms with E-state index in [4.69, 9.17) is 0 Å². The maximum absolute atomic E-state index is 13.2. The minimum atomic E-state index is -0.0736. The molecule has 2 heteroatoms. The molecule has 0 aromatic heterocycles. The lowest BCUT2D eigenvalue weighted by atomic mass is 10.0. The van der Waals surface area contributed by atoms with Crippen molar-refractivity contribution >= 4 is 0 Å². The topological polar surface area (TPSA) is 12.0 Å². The lowest BCUT2D eigenvalue weighted by Crippen LogP contribution is -2.12. The molecule has 1 atom stereocenters. The SMILES string of the molecule is CN[C@H]1CCc2c1ccc(F)c2C. The zero-order chi connectivity index (χ0) is 9.42. The van der Waals surface area contributed by atoms with Gasteiger partial charge >= 0.3 is 0 Å². The van der Waals surface area contributed by atoms with Gasteiger partial charge in [0.2, 0.25) is 0 Å². The van der Waals surface area contributed by atoms with E-state index in [0.717, 1.165) is 18.4 Å². The van der Waals surface area contributed by atoms with Gasteiger partial charge < -0.3 is 5.32 Å². The number of hydrogen-bond acceptors (Lipinski definition) is 1. The minimum Gasteiger partial charge on any atom is -0.313 e. The molecular formula is C11H14FN. The monoisotopic (exact) mass is 179 g/mol. The Bertz CT molecular complexity index is 333. The minimum absolute atomic E-state index is 0.0736. The summed E-state index contributed by atoms with van der Waals surface area (Å²) < 4.78 is 13.2. The van der Waals surface area contributed by atoms with Crippen LogP contribution in [-0.2, 0) is 6.42 Å². The van der Waals surface area contributed by atoms with Crippen molar-refractivity contribution in [1.82, 2.24) is 5.32 Å². The summed E-state index contributed by atoms with van der Waals surface area (Å²) in [5, 5.41) is 3.24. The zero-order valence-corrected chi connectivity index (χ0v) is 8.02. The largest absolute Gasteiger partial charge is 0.313 e.